The molecule has 0 aliphatic heterocycles. The van der Waals surface area contributed by atoms with E-state index in [2.05, 4.69) is 10.3 Å². The van der Waals surface area contributed by atoms with Gasteiger partial charge in [0.15, 0.2) is 17.4 Å². The molecule has 8 heteroatoms. The number of hydrogen-bond donors (Lipinski definition) is 3. The van der Waals surface area contributed by atoms with E-state index in [-0.39, 0.29) is 11.9 Å². The topological polar surface area (TPSA) is 99.2 Å². The fourth-order valence-electron chi connectivity index (χ4n) is 3.30. The molecule has 0 radical (unpaired) electrons. The Morgan fingerprint density at radius 3 is 2.37 bits per heavy atom. The molecule has 2 aromatic carbocycles. The molecule has 3 aromatic rings. The Labute approximate surface area is 175 Å². The van der Waals surface area contributed by atoms with Crippen molar-refractivity contribution in [3.8, 4) is 17.4 Å². The molecule has 3 N–H and O–H groups in total. The Hall–Kier alpha value is -3.68. The molecule has 0 unspecified atom stereocenters. The molecule has 0 atom stereocenters. The molecule has 3 rings (SSSR count). The van der Waals surface area contributed by atoms with Crippen LogP contribution in [-0.2, 0) is 0 Å². The van der Waals surface area contributed by atoms with Crippen LogP contribution >= 0.6 is 0 Å². The summed E-state index contributed by atoms with van der Waals surface area (Å²) in [5.74, 6) is 1.18. The van der Waals surface area contributed by atoms with Crippen molar-refractivity contribution in [3.63, 3.8) is 0 Å². The first-order chi connectivity index (χ1) is 14.4. The van der Waals surface area contributed by atoms with Crippen LogP contribution in [0.25, 0.3) is 10.9 Å². The highest BCUT2D eigenvalue weighted by atomic mass is 16.5. The quantitative estimate of drug-likeness (QED) is 0.531. The van der Waals surface area contributed by atoms with Gasteiger partial charge in [0, 0.05) is 31.2 Å². The predicted molar refractivity (Wildman–Crippen MR) is 119 cm³/mol. The molecule has 158 valence electrons. The highest BCUT2D eigenvalue weighted by Crippen LogP contribution is 2.37. The zero-order chi connectivity index (χ0) is 21.8. The van der Waals surface area contributed by atoms with Crippen molar-refractivity contribution in [2.75, 3.05) is 33.2 Å². The number of hydrogen-bond acceptors (Lipinski definition) is 5. The van der Waals surface area contributed by atoms with Crippen molar-refractivity contribution < 1.29 is 19.4 Å². The Morgan fingerprint density at radius 1 is 1.17 bits per heavy atom. The van der Waals surface area contributed by atoms with Crippen LogP contribution in [-0.4, -0.2) is 50.1 Å². The Kier molecular flexibility index (Phi) is 6.15. The lowest BCUT2D eigenvalue weighted by Crippen LogP contribution is -2.34. The average Bonchev–Trinajstić information content (AvgIpc) is 3.10. The number of urea groups is 1. The highest BCUT2D eigenvalue weighted by molar-refractivity contribution is 6.14. The third-order valence-corrected chi connectivity index (χ3v) is 4.93. The summed E-state index contributed by atoms with van der Waals surface area (Å²) in [6.07, 6.45) is 0.606. The Balaban J connectivity index is 2.03. The normalized spacial score (nSPS) is 11.4. The van der Waals surface area contributed by atoms with Gasteiger partial charge in [0.05, 0.1) is 36.7 Å². The monoisotopic (exact) mass is 410 g/mol. The molecule has 0 saturated carbocycles. The van der Waals surface area contributed by atoms with Gasteiger partial charge < -0.3 is 24.9 Å². The van der Waals surface area contributed by atoms with Gasteiger partial charge in [-0.2, -0.15) is 0 Å². The van der Waals surface area contributed by atoms with E-state index in [0.717, 1.165) is 28.0 Å². The number of carbonyl (C=O) groups is 1. The fraction of sp³-hybridized carbons (Fsp3) is 0.273. The second-order valence-electron chi connectivity index (χ2n) is 6.64. The number of methoxy groups -OCH3 is 2. The molecule has 0 saturated heterocycles. The van der Waals surface area contributed by atoms with Crippen molar-refractivity contribution in [3.05, 3.63) is 42.0 Å². The number of aromatic nitrogens is 1. The minimum absolute atomic E-state index is 0.0388. The Bertz CT molecular complexity index is 1090. The Morgan fingerprint density at radius 2 is 1.80 bits per heavy atom. The number of aromatic amines is 1. The van der Waals surface area contributed by atoms with E-state index in [1.54, 1.807) is 34.4 Å². The summed E-state index contributed by atoms with van der Waals surface area (Å²) >= 11 is 0. The predicted octanol–water partition coefficient (Wildman–Crippen LogP) is 4.20. The zero-order valence-corrected chi connectivity index (χ0v) is 17.7. The van der Waals surface area contributed by atoms with E-state index in [0.29, 0.717) is 23.5 Å². The van der Waals surface area contributed by atoms with Gasteiger partial charge in [-0.3, -0.25) is 9.89 Å². The van der Waals surface area contributed by atoms with Crippen LogP contribution in [0.4, 0.5) is 16.2 Å². The van der Waals surface area contributed by atoms with E-state index in [9.17, 15) is 9.90 Å². The number of aliphatic imine (C=N–C) groups is 1. The van der Waals surface area contributed by atoms with Gasteiger partial charge in [-0.25, -0.2) is 4.79 Å². The van der Waals surface area contributed by atoms with E-state index in [4.69, 9.17) is 14.5 Å². The number of nitrogens with zero attached hydrogens (tertiary/aromatic N) is 2. The van der Waals surface area contributed by atoms with Crippen molar-refractivity contribution in [2.45, 2.75) is 13.3 Å². The lowest BCUT2D eigenvalue weighted by atomic mass is 10.1. The lowest BCUT2D eigenvalue weighted by molar-refractivity contribution is 0.249. The number of amides is 2. The van der Waals surface area contributed by atoms with E-state index >= 15 is 0 Å². The van der Waals surface area contributed by atoms with Crippen LogP contribution in [0.1, 0.15) is 18.9 Å². The highest BCUT2D eigenvalue weighted by Gasteiger charge is 2.19. The molecule has 0 bridgehead atoms. The number of benzene rings is 2. The number of fused-ring (bicyclic) bond motifs is 1. The number of rotatable bonds is 6. The van der Waals surface area contributed by atoms with Crippen molar-refractivity contribution in [1.29, 1.82) is 0 Å². The van der Waals surface area contributed by atoms with Crippen LogP contribution < -0.4 is 19.7 Å². The maximum Gasteiger partial charge on any atom is 0.321 e. The summed E-state index contributed by atoms with van der Waals surface area (Å²) < 4.78 is 10.7. The molecule has 2 amide bonds. The molecule has 0 aliphatic carbocycles. The van der Waals surface area contributed by atoms with E-state index < -0.39 is 0 Å². The summed E-state index contributed by atoms with van der Waals surface area (Å²) in [5, 5.41) is 14.0. The van der Waals surface area contributed by atoms with Crippen LogP contribution in [0.15, 0.2) is 41.4 Å². The molecule has 1 aromatic heterocycles. The fourth-order valence-corrected chi connectivity index (χ4v) is 3.30. The van der Waals surface area contributed by atoms with Crippen molar-refractivity contribution in [1.82, 2.24) is 10.3 Å². The number of ether oxygens (including phenoxy) is 2. The minimum atomic E-state index is -0.200. The van der Waals surface area contributed by atoms with Crippen molar-refractivity contribution in [2.24, 2.45) is 4.99 Å². The molecule has 1 heterocycles. The number of H-pyrrole nitrogens is 1. The summed E-state index contributed by atoms with van der Waals surface area (Å²) in [6.45, 7) is 1.98. The maximum absolute atomic E-state index is 11.8. The number of carbonyl (C=O) groups excluding carboxylic acids is 1. The first-order valence-electron chi connectivity index (χ1n) is 9.53. The first kappa shape index (κ1) is 21.0. The summed E-state index contributed by atoms with van der Waals surface area (Å²) in [7, 11) is 6.42. The third-order valence-electron chi connectivity index (χ3n) is 4.93. The van der Waals surface area contributed by atoms with Gasteiger partial charge in [0.2, 0.25) is 0 Å². The van der Waals surface area contributed by atoms with Crippen LogP contribution in [0, 0.1) is 0 Å². The average molecular weight is 410 g/mol. The molecular weight excluding hydrogens is 384 g/mol. The van der Waals surface area contributed by atoms with Gasteiger partial charge in [-0.05, 0) is 36.8 Å². The second kappa shape index (κ2) is 8.77. The SMILES string of the molecule is CCC(=Nc1ccc(N(C)C(=O)NC)cc1)c1c(O)[nH]c2cc(OC)c(OC)cc12. The summed E-state index contributed by atoms with van der Waals surface area (Å²) in [5.41, 5.74) is 3.54. The molecule has 0 spiro atoms. The minimum Gasteiger partial charge on any atom is -0.494 e. The number of nitrogens with one attached hydrogen (secondary N) is 2. The molecule has 0 aliphatic rings. The molecular formula is C22H26N4O4. The van der Waals surface area contributed by atoms with Gasteiger partial charge in [-0.1, -0.05) is 6.92 Å². The largest absolute Gasteiger partial charge is 0.494 e. The standard InChI is InChI=1S/C22H26N4O4/c1-6-16(24-13-7-9-14(10-8-13)26(3)22(28)23-2)20-15-11-18(29-4)19(30-5)12-17(15)25-21(20)27/h7-12,25,27H,6H2,1-5H3,(H,23,28). The van der Waals surface area contributed by atoms with Gasteiger partial charge in [0.25, 0.3) is 0 Å². The zero-order valence-electron chi connectivity index (χ0n) is 17.7. The van der Waals surface area contributed by atoms with Crippen LogP contribution in [0.3, 0.4) is 0 Å². The second-order valence-corrected chi connectivity index (χ2v) is 6.64. The summed E-state index contributed by atoms with van der Waals surface area (Å²) in [4.78, 5) is 21.0. The molecule has 0 fully saturated rings. The van der Waals surface area contributed by atoms with Gasteiger partial charge in [0.1, 0.15) is 0 Å². The molecule has 8 nitrogen and oxygen atoms in total. The van der Waals surface area contributed by atoms with Crippen LogP contribution in [0.2, 0.25) is 0 Å². The van der Waals surface area contributed by atoms with E-state index in [1.165, 1.54) is 4.90 Å². The number of anilines is 1. The smallest absolute Gasteiger partial charge is 0.321 e. The maximum atomic E-state index is 11.8. The summed E-state index contributed by atoms with van der Waals surface area (Å²) in [6, 6.07) is 10.7. The third kappa shape index (κ3) is 3.89. The van der Waals surface area contributed by atoms with Crippen LogP contribution in [0.5, 0.6) is 17.4 Å². The van der Waals surface area contributed by atoms with Crippen molar-refractivity contribution >= 4 is 34.0 Å². The van der Waals surface area contributed by atoms with Gasteiger partial charge >= 0.3 is 6.03 Å². The van der Waals surface area contributed by atoms with Gasteiger partial charge in [-0.15, -0.1) is 0 Å². The lowest BCUT2D eigenvalue weighted by Gasteiger charge is -2.16. The first-order valence-corrected chi connectivity index (χ1v) is 9.53. The number of aromatic hydroxyl groups is 1. The molecule has 30 heavy (non-hydrogen) atoms. The van der Waals surface area contributed by atoms with E-state index in [1.807, 2.05) is 37.3 Å².